The summed E-state index contributed by atoms with van der Waals surface area (Å²) in [5.74, 6) is 0.490. The number of carboxylic acid groups (broad SMARTS) is 1. The van der Waals surface area contributed by atoms with Gasteiger partial charge in [0.15, 0.2) is 11.5 Å². The van der Waals surface area contributed by atoms with Gasteiger partial charge in [-0.2, -0.15) is 0 Å². The van der Waals surface area contributed by atoms with Crippen LogP contribution in [0.25, 0.3) is 0 Å². The molecule has 0 aromatic heterocycles. The predicted octanol–water partition coefficient (Wildman–Crippen LogP) is 2.17. The summed E-state index contributed by atoms with van der Waals surface area (Å²) in [5.41, 5.74) is 0.900. The van der Waals surface area contributed by atoms with Gasteiger partial charge in [-0.3, -0.25) is 9.69 Å². The Morgan fingerprint density at radius 2 is 2.17 bits per heavy atom. The second-order valence-corrected chi connectivity index (χ2v) is 6.78. The normalized spacial score (nSPS) is 22.9. The van der Waals surface area contributed by atoms with Crippen molar-refractivity contribution in [1.29, 1.82) is 0 Å². The molecule has 0 bridgehead atoms. The number of fused-ring (bicyclic) bond motifs is 1. The molecule has 1 atom stereocenters. The second kappa shape index (κ2) is 7.78. The van der Waals surface area contributed by atoms with Crippen molar-refractivity contribution in [1.82, 2.24) is 10.2 Å². The largest absolute Gasteiger partial charge is 0.486 e. The van der Waals surface area contributed by atoms with Crippen molar-refractivity contribution in [3.63, 3.8) is 0 Å². The maximum absolute atomic E-state index is 10.7. The van der Waals surface area contributed by atoms with E-state index < -0.39 is 5.97 Å². The highest BCUT2D eigenvalue weighted by Gasteiger charge is 2.33. The minimum absolute atomic E-state index is 0. The molecule has 24 heavy (non-hydrogen) atoms. The summed E-state index contributed by atoms with van der Waals surface area (Å²) in [4.78, 5) is 13.0. The number of nitrogens with one attached hydrogen (secondary N) is 1. The van der Waals surface area contributed by atoms with E-state index in [1.54, 1.807) is 0 Å². The first kappa shape index (κ1) is 19.1. The Morgan fingerprint density at radius 3 is 2.92 bits per heavy atom. The van der Waals surface area contributed by atoms with Gasteiger partial charge in [0.25, 0.3) is 0 Å². The number of hydrogen-bond donors (Lipinski definition) is 2. The van der Waals surface area contributed by atoms with Crippen molar-refractivity contribution in [2.24, 2.45) is 0 Å². The lowest BCUT2D eigenvalue weighted by atomic mass is 10.0. The Bertz CT molecular complexity index is 614. The van der Waals surface area contributed by atoms with Crippen LogP contribution in [0.3, 0.4) is 0 Å². The number of carbonyl (C=O) groups is 1. The zero-order chi connectivity index (χ0) is 16.4. The quantitative estimate of drug-likeness (QED) is 0.820. The Morgan fingerprint density at radius 1 is 1.42 bits per heavy atom. The molecular formula is C16H22Cl2N2O4. The van der Waals surface area contributed by atoms with Crippen LogP contribution in [0.2, 0.25) is 5.02 Å². The van der Waals surface area contributed by atoms with E-state index in [1.807, 2.05) is 12.1 Å². The van der Waals surface area contributed by atoms with E-state index in [2.05, 4.69) is 17.1 Å². The van der Waals surface area contributed by atoms with E-state index in [9.17, 15) is 4.79 Å². The van der Waals surface area contributed by atoms with Gasteiger partial charge in [0.2, 0.25) is 0 Å². The number of aliphatic carboxylic acids is 1. The van der Waals surface area contributed by atoms with Crippen LogP contribution < -0.4 is 14.8 Å². The molecule has 8 heteroatoms. The van der Waals surface area contributed by atoms with E-state index in [0.717, 1.165) is 31.6 Å². The van der Waals surface area contributed by atoms with Gasteiger partial charge in [-0.1, -0.05) is 11.6 Å². The number of ether oxygens (including phenoxy) is 2. The van der Waals surface area contributed by atoms with Gasteiger partial charge < -0.3 is 19.9 Å². The smallest absolute Gasteiger partial charge is 0.317 e. The highest BCUT2D eigenvalue weighted by Crippen LogP contribution is 2.38. The highest BCUT2D eigenvalue weighted by molar-refractivity contribution is 6.32. The van der Waals surface area contributed by atoms with Gasteiger partial charge in [0, 0.05) is 25.2 Å². The monoisotopic (exact) mass is 376 g/mol. The van der Waals surface area contributed by atoms with Gasteiger partial charge >= 0.3 is 5.97 Å². The maximum atomic E-state index is 10.7. The molecule has 1 saturated heterocycles. The summed E-state index contributed by atoms with van der Waals surface area (Å²) in [6.45, 7) is 5.56. The fourth-order valence-corrected chi connectivity index (χ4v) is 3.43. The zero-order valence-corrected chi connectivity index (χ0v) is 15.1. The summed E-state index contributed by atoms with van der Waals surface area (Å²) in [5, 5.41) is 12.5. The van der Waals surface area contributed by atoms with Crippen molar-refractivity contribution in [2.75, 3.05) is 32.8 Å². The molecule has 0 spiro atoms. The first-order chi connectivity index (χ1) is 11.0. The molecular weight excluding hydrogens is 355 g/mol. The summed E-state index contributed by atoms with van der Waals surface area (Å²) < 4.78 is 11.1. The molecule has 0 amide bonds. The first-order valence-corrected chi connectivity index (χ1v) is 8.10. The zero-order valence-electron chi connectivity index (χ0n) is 13.5. The van der Waals surface area contributed by atoms with Crippen molar-refractivity contribution < 1.29 is 19.4 Å². The summed E-state index contributed by atoms with van der Waals surface area (Å²) >= 11 is 6.27. The van der Waals surface area contributed by atoms with E-state index in [-0.39, 0.29) is 24.5 Å². The van der Waals surface area contributed by atoms with E-state index >= 15 is 0 Å². The molecule has 1 aromatic rings. The number of nitrogens with zero attached hydrogens (tertiary/aromatic N) is 1. The minimum atomic E-state index is -0.830. The lowest BCUT2D eigenvalue weighted by Crippen LogP contribution is -2.46. The highest BCUT2D eigenvalue weighted by atomic mass is 35.5. The van der Waals surface area contributed by atoms with Crippen molar-refractivity contribution in [3.05, 3.63) is 22.7 Å². The van der Waals surface area contributed by atoms with Gasteiger partial charge in [-0.25, -0.2) is 0 Å². The molecule has 1 fully saturated rings. The molecule has 0 saturated carbocycles. The van der Waals surface area contributed by atoms with E-state index in [0.29, 0.717) is 29.7 Å². The lowest BCUT2D eigenvalue weighted by Gasteiger charge is -2.26. The molecule has 2 N–H and O–H groups in total. The number of carboxylic acids is 1. The lowest BCUT2D eigenvalue weighted by molar-refractivity contribution is -0.136. The van der Waals surface area contributed by atoms with Gasteiger partial charge in [-0.05, 0) is 31.0 Å². The summed E-state index contributed by atoms with van der Waals surface area (Å²) in [6.07, 6.45) is 0.915. The third-order valence-electron chi connectivity index (χ3n) is 4.28. The molecule has 0 radical (unpaired) electrons. The molecule has 3 rings (SSSR count). The molecule has 2 heterocycles. The predicted molar refractivity (Wildman–Crippen MR) is 93.6 cm³/mol. The van der Waals surface area contributed by atoms with Crippen LogP contribution in [-0.4, -0.2) is 54.4 Å². The van der Waals surface area contributed by atoms with Crippen LogP contribution in [0.1, 0.15) is 18.9 Å². The standard InChI is InChI=1S/C16H21ClN2O4.ClH/c1-16(18-8-14(20)21)2-3-19(10-16)9-11-6-12(17)15-13(7-11)22-4-5-23-15;/h6-7,18H,2-5,8-10H2,1H3,(H,20,21);1H. The van der Waals surface area contributed by atoms with E-state index in [1.165, 1.54) is 0 Å². The van der Waals surface area contributed by atoms with Gasteiger partial charge in [0.05, 0.1) is 11.6 Å². The Hall–Kier alpha value is -1.21. The first-order valence-electron chi connectivity index (χ1n) is 7.72. The number of benzene rings is 1. The molecule has 2 aliphatic heterocycles. The van der Waals surface area contributed by atoms with Gasteiger partial charge in [-0.15, -0.1) is 12.4 Å². The topological polar surface area (TPSA) is 71.0 Å². The number of rotatable bonds is 5. The number of halogens is 2. The van der Waals surface area contributed by atoms with Crippen molar-refractivity contribution in [2.45, 2.75) is 25.4 Å². The van der Waals surface area contributed by atoms with Crippen LogP contribution in [0.5, 0.6) is 11.5 Å². The molecule has 1 aromatic carbocycles. The van der Waals surface area contributed by atoms with E-state index in [4.69, 9.17) is 26.2 Å². The van der Waals surface area contributed by atoms with Crippen LogP contribution in [-0.2, 0) is 11.3 Å². The fourth-order valence-electron chi connectivity index (χ4n) is 3.14. The third-order valence-corrected chi connectivity index (χ3v) is 4.56. The maximum Gasteiger partial charge on any atom is 0.317 e. The Kier molecular flexibility index (Phi) is 6.20. The van der Waals surface area contributed by atoms with Crippen LogP contribution in [0, 0.1) is 0 Å². The SMILES string of the molecule is CC1(NCC(=O)O)CCN(Cc2cc(Cl)c3c(c2)OCCO3)C1.Cl. The fraction of sp³-hybridized carbons (Fsp3) is 0.562. The third kappa shape index (κ3) is 4.45. The van der Waals surface area contributed by atoms with Gasteiger partial charge in [0.1, 0.15) is 13.2 Å². The van der Waals surface area contributed by atoms with Crippen molar-refractivity contribution >= 4 is 30.0 Å². The molecule has 0 aliphatic carbocycles. The Labute approximate surface area is 152 Å². The van der Waals surface area contributed by atoms with Crippen LogP contribution in [0.15, 0.2) is 12.1 Å². The number of likely N-dealkylation sites (tertiary alicyclic amines) is 1. The molecule has 1 unspecified atom stereocenters. The Balaban J connectivity index is 0.00000208. The van der Waals surface area contributed by atoms with Crippen LogP contribution in [0.4, 0.5) is 0 Å². The van der Waals surface area contributed by atoms with Crippen LogP contribution >= 0.6 is 24.0 Å². The molecule has 134 valence electrons. The summed E-state index contributed by atoms with van der Waals surface area (Å²) in [7, 11) is 0. The molecule has 2 aliphatic rings. The minimum Gasteiger partial charge on any atom is -0.486 e. The average molecular weight is 377 g/mol. The van der Waals surface area contributed by atoms with Crippen molar-refractivity contribution in [3.8, 4) is 11.5 Å². The molecule has 6 nitrogen and oxygen atoms in total. The summed E-state index contributed by atoms with van der Waals surface area (Å²) in [6, 6.07) is 3.89. The second-order valence-electron chi connectivity index (χ2n) is 6.37. The average Bonchev–Trinajstić information content (AvgIpc) is 2.87. The number of hydrogen-bond acceptors (Lipinski definition) is 5.